The second-order valence-electron chi connectivity index (χ2n) is 11.7. The van der Waals surface area contributed by atoms with Gasteiger partial charge in [0.05, 0.1) is 17.5 Å². The zero-order valence-electron chi connectivity index (χ0n) is 21.7. The van der Waals surface area contributed by atoms with Crippen LogP contribution in [0.5, 0.6) is 0 Å². The maximum atomic E-state index is 14.0. The molecule has 4 aliphatic rings. The topological polar surface area (TPSA) is 97.0 Å². The Bertz CT molecular complexity index is 1230. The molecule has 0 radical (unpaired) electrons. The molecule has 37 heavy (non-hydrogen) atoms. The van der Waals surface area contributed by atoms with Crippen LogP contribution in [0, 0.1) is 11.8 Å². The lowest BCUT2D eigenvalue weighted by molar-refractivity contribution is -0.136. The molecular weight excluding hydrogens is 468 g/mol. The first-order chi connectivity index (χ1) is 18.0. The molecule has 2 saturated carbocycles. The fourth-order valence-corrected chi connectivity index (χ4v) is 8.18. The van der Waals surface area contributed by atoms with Crippen molar-refractivity contribution < 1.29 is 14.7 Å². The Morgan fingerprint density at radius 1 is 0.973 bits per heavy atom. The highest BCUT2D eigenvalue weighted by atomic mass is 16.6. The van der Waals surface area contributed by atoms with Gasteiger partial charge in [-0.05, 0) is 68.9 Å². The lowest BCUT2D eigenvalue weighted by atomic mass is 9.69. The Hall–Kier alpha value is -2.74. The molecule has 2 saturated heterocycles. The number of oxime groups is 1. The molecule has 2 aliphatic carbocycles. The van der Waals surface area contributed by atoms with Crippen LogP contribution in [0.4, 0.5) is 0 Å². The zero-order chi connectivity index (χ0) is 25.5. The van der Waals surface area contributed by atoms with Crippen molar-refractivity contribution in [3.05, 3.63) is 40.3 Å². The molecule has 198 valence electrons. The second kappa shape index (κ2) is 10.2. The number of para-hydroxylation sites is 2. The largest absolute Gasteiger partial charge is 0.481 e. The molecule has 6 rings (SSSR count). The smallest absolute Gasteiger partial charge is 0.303 e. The highest BCUT2D eigenvalue weighted by molar-refractivity contribution is 6.00. The van der Waals surface area contributed by atoms with Crippen LogP contribution in [0.15, 0.2) is 34.2 Å². The van der Waals surface area contributed by atoms with E-state index in [-0.39, 0.29) is 30.1 Å². The van der Waals surface area contributed by atoms with Crippen LogP contribution >= 0.6 is 0 Å². The summed E-state index contributed by atoms with van der Waals surface area (Å²) in [6.07, 6.45) is 12.7. The van der Waals surface area contributed by atoms with Crippen LogP contribution in [-0.2, 0) is 9.63 Å². The van der Waals surface area contributed by atoms with E-state index in [0.717, 1.165) is 35.7 Å². The number of carboxylic acid groups (broad SMARTS) is 1. The summed E-state index contributed by atoms with van der Waals surface area (Å²) in [5, 5.41) is 13.3. The van der Waals surface area contributed by atoms with E-state index in [1.54, 1.807) is 0 Å². The van der Waals surface area contributed by atoms with Gasteiger partial charge in [0, 0.05) is 30.6 Å². The Balaban J connectivity index is 1.33. The molecule has 4 fully saturated rings. The minimum Gasteiger partial charge on any atom is -0.481 e. The predicted molar refractivity (Wildman–Crippen MR) is 142 cm³/mol. The van der Waals surface area contributed by atoms with Crippen LogP contribution in [-0.4, -0.2) is 56.5 Å². The van der Waals surface area contributed by atoms with E-state index in [4.69, 9.17) is 4.84 Å². The molecule has 8 nitrogen and oxygen atoms in total. The van der Waals surface area contributed by atoms with Crippen molar-refractivity contribution in [3.63, 3.8) is 0 Å². The van der Waals surface area contributed by atoms with Gasteiger partial charge < -0.3 is 14.5 Å². The van der Waals surface area contributed by atoms with Gasteiger partial charge in [0.15, 0.2) is 5.69 Å². The van der Waals surface area contributed by atoms with Gasteiger partial charge >= 0.3 is 5.97 Å². The predicted octanol–water partition coefficient (Wildman–Crippen LogP) is 4.75. The monoisotopic (exact) mass is 506 g/mol. The van der Waals surface area contributed by atoms with Crippen molar-refractivity contribution >= 4 is 22.7 Å². The number of carbonyl (C=O) groups is 1. The quantitative estimate of drug-likeness (QED) is 0.430. The van der Waals surface area contributed by atoms with Gasteiger partial charge in [-0.1, -0.05) is 36.6 Å². The summed E-state index contributed by atoms with van der Waals surface area (Å²) in [6, 6.07) is 9.63. The number of aromatic nitrogens is 2. The standard InChI is InChI=1S/C29H38N4O4/c1-37-31-25(11-12-27(34)35)28-29(36)33(26-8-3-2-7-24(26)30-28)23-16-20-9-10-21(17-23)32(20)22-14-18-5-4-6-19(13-18)15-22/h2-3,7-8,18-23H,4-6,9-17H2,1H3,(H,34,35)/b31-25+/t18-,19?,20-,21+,22?,23?/m0/s1. The molecular formula is C29H38N4O4. The number of piperidine rings is 1. The molecule has 0 spiro atoms. The molecule has 8 heteroatoms. The maximum Gasteiger partial charge on any atom is 0.303 e. The summed E-state index contributed by atoms with van der Waals surface area (Å²) in [5.41, 5.74) is 1.88. The van der Waals surface area contributed by atoms with E-state index >= 15 is 0 Å². The highest BCUT2D eigenvalue weighted by Crippen LogP contribution is 2.48. The molecule has 4 bridgehead atoms. The molecule has 3 unspecified atom stereocenters. The Morgan fingerprint density at radius 3 is 2.35 bits per heavy atom. The first-order valence-corrected chi connectivity index (χ1v) is 14.1. The lowest BCUT2D eigenvalue weighted by Gasteiger charge is -2.49. The van der Waals surface area contributed by atoms with Gasteiger partial charge in [-0.25, -0.2) is 4.98 Å². The fourth-order valence-electron chi connectivity index (χ4n) is 8.18. The summed E-state index contributed by atoms with van der Waals surface area (Å²) in [7, 11) is 1.41. The average molecular weight is 507 g/mol. The van der Waals surface area contributed by atoms with Gasteiger partial charge in [-0.15, -0.1) is 0 Å². The van der Waals surface area contributed by atoms with Crippen molar-refractivity contribution in [1.82, 2.24) is 14.5 Å². The lowest BCUT2D eigenvalue weighted by Crippen LogP contribution is -2.52. The van der Waals surface area contributed by atoms with Crippen LogP contribution in [0.3, 0.4) is 0 Å². The van der Waals surface area contributed by atoms with Gasteiger partial charge in [-0.2, -0.15) is 0 Å². The fraction of sp³-hybridized carbons (Fsp3) is 0.655. The number of benzene rings is 1. The first-order valence-electron chi connectivity index (χ1n) is 14.1. The van der Waals surface area contributed by atoms with E-state index in [0.29, 0.717) is 23.8 Å². The molecule has 1 aromatic heterocycles. The third-order valence-electron chi connectivity index (χ3n) is 9.50. The van der Waals surface area contributed by atoms with Gasteiger partial charge in [0.2, 0.25) is 0 Å². The Labute approximate surface area is 217 Å². The van der Waals surface area contributed by atoms with E-state index in [2.05, 4.69) is 15.0 Å². The maximum absolute atomic E-state index is 14.0. The minimum atomic E-state index is -0.944. The SMILES string of the molecule is CO/N=C(\CCC(=O)O)c1nc2ccccc2n(C2C[C@H]3CC[C@@H](C2)N3C2CC3CCC[C@@H](C3)C2)c1=O. The number of hydrogen-bond donors (Lipinski definition) is 1. The zero-order valence-corrected chi connectivity index (χ0v) is 21.7. The molecule has 6 atom stereocenters. The van der Waals surface area contributed by atoms with Gasteiger partial charge in [-0.3, -0.25) is 14.5 Å². The van der Waals surface area contributed by atoms with Crippen LogP contribution < -0.4 is 5.56 Å². The van der Waals surface area contributed by atoms with Gasteiger partial charge in [0.1, 0.15) is 12.8 Å². The number of nitrogens with zero attached hydrogens (tertiary/aromatic N) is 4. The number of rotatable bonds is 7. The summed E-state index contributed by atoms with van der Waals surface area (Å²) in [5.74, 6) is 0.877. The summed E-state index contributed by atoms with van der Waals surface area (Å²) in [6.45, 7) is 0. The third kappa shape index (κ3) is 4.69. The summed E-state index contributed by atoms with van der Waals surface area (Å²) in [4.78, 5) is 37.8. The molecule has 1 aromatic carbocycles. The Morgan fingerprint density at radius 2 is 1.68 bits per heavy atom. The molecule has 2 aromatic rings. The third-order valence-corrected chi connectivity index (χ3v) is 9.50. The normalized spacial score (nSPS) is 32.0. The van der Waals surface area contributed by atoms with Gasteiger partial charge in [0.25, 0.3) is 5.56 Å². The molecule has 0 amide bonds. The molecule has 3 heterocycles. The van der Waals surface area contributed by atoms with E-state index in [1.807, 2.05) is 28.8 Å². The van der Waals surface area contributed by atoms with E-state index in [9.17, 15) is 14.7 Å². The summed E-state index contributed by atoms with van der Waals surface area (Å²) >= 11 is 0. The molecule has 2 aliphatic heterocycles. The van der Waals surface area contributed by atoms with Crippen LogP contribution in [0.25, 0.3) is 11.0 Å². The minimum absolute atomic E-state index is 0.0947. The molecule has 1 N–H and O–H groups in total. The summed E-state index contributed by atoms with van der Waals surface area (Å²) < 4.78 is 1.95. The second-order valence-corrected chi connectivity index (χ2v) is 11.7. The van der Waals surface area contributed by atoms with Crippen molar-refractivity contribution in [2.75, 3.05) is 7.11 Å². The first kappa shape index (κ1) is 24.6. The Kier molecular flexibility index (Phi) is 6.78. The number of fused-ring (bicyclic) bond motifs is 5. The van der Waals surface area contributed by atoms with Crippen molar-refractivity contribution in [3.8, 4) is 0 Å². The number of hydrogen-bond acceptors (Lipinski definition) is 6. The number of aliphatic carboxylic acids is 1. The average Bonchev–Trinajstić information content (AvgIpc) is 3.15. The van der Waals surface area contributed by atoms with Crippen molar-refractivity contribution in [2.45, 2.75) is 101 Å². The van der Waals surface area contributed by atoms with E-state index in [1.165, 1.54) is 58.5 Å². The highest BCUT2D eigenvalue weighted by Gasteiger charge is 2.47. The van der Waals surface area contributed by atoms with Crippen LogP contribution in [0.1, 0.15) is 88.8 Å². The van der Waals surface area contributed by atoms with Crippen molar-refractivity contribution in [2.24, 2.45) is 17.0 Å². The van der Waals surface area contributed by atoms with Crippen LogP contribution in [0.2, 0.25) is 0 Å². The van der Waals surface area contributed by atoms with E-state index < -0.39 is 5.97 Å². The number of carboxylic acids is 1. The van der Waals surface area contributed by atoms with Crippen molar-refractivity contribution in [1.29, 1.82) is 0 Å².